The zero-order chi connectivity index (χ0) is 11.9. The second-order valence-electron chi connectivity index (χ2n) is 4.43. The van der Waals surface area contributed by atoms with Crippen LogP contribution in [0.25, 0.3) is 0 Å². The highest BCUT2D eigenvalue weighted by atomic mass is 32.2. The minimum atomic E-state index is -0.894. The molecule has 0 aliphatic heterocycles. The number of aliphatic hydroxyl groups is 4. The molecular weight excluding hydrogens is 216 g/mol. The van der Waals surface area contributed by atoms with E-state index in [1.165, 1.54) is 11.8 Å². The number of hydrogen-bond acceptors (Lipinski definition) is 5. The molecule has 0 saturated heterocycles. The summed E-state index contributed by atoms with van der Waals surface area (Å²) in [5.74, 6) is 0.935. The first-order valence-electron chi connectivity index (χ1n) is 5.07. The first-order chi connectivity index (χ1) is 6.83. The van der Waals surface area contributed by atoms with E-state index in [9.17, 15) is 10.2 Å². The van der Waals surface area contributed by atoms with Crippen molar-refractivity contribution in [2.24, 2.45) is 0 Å². The lowest BCUT2D eigenvalue weighted by molar-refractivity contribution is 0.0516. The van der Waals surface area contributed by atoms with Crippen LogP contribution in [-0.4, -0.2) is 56.3 Å². The van der Waals surface area contributed by atoms with Gasteiger partial charge in [-0.05, 0) is 26.7 Å². The Kier molecular flexibility index (Phi) is 6.79. The van der Waals surface area contributed by atoms with Crippen LogP contribution < -0.4 is 0 Å². The average molecular weight is 238 g/mol. The molecule has 5 heteroatoms. The van der Waals surface area contributed by atoms with Crippen molar-refractivity contribution in [3.05, 3.63) is 0 Å². The molecule has 0 aromatic carbocycles. The Bertz CT molecular complexity index is 153. The van der Waals surface area contributed by atoms with Gasteiger partial charge in [0.1, 0.15) is 0 Å². The van der Waals surface area contributed by atoms with E-state index in [0.717, 1.165) is 0 Å². The fourth-order valence-corrected chi connectivity index (χ4v) is 2.39. The second-order valence-corrected chi connectivity index (χ2v) is 5.42. The summed E-state index contributed by atoms with van der Waals surface area (Å²) in [5.41, 5.74) is -1.79. The van der Waals surface area contributed by atoms with Gasteiger partial charge in [-0.15, -0.1) is 0 Å². The molecule has 92 valence electrons. The van der Waals surface area contributed by atoms with Crippen LogP contribution in [0.1, 0.15) is 26.7 Å². The lowest BCUT2D eigenvalue weighted by Crippen LogP contribution is -2.33. The average Bonchev–Trinajstić information content (AvgIpc) is 2.02. The molecule has 0 heterocycles. The molecule has 0 rings (SSSR count). The summed E-state index contributed by atoms with van der Waals surface area (Å²) in [6.07, 6.45) is 0.671. The Morgan fingerprint density at radius 3 is 1.47 bits per heavy atom. The largest absolute Gasteiger partial charge is 0.396 e. The molecule has 0 bridgehead atoms. The molecule has 15 heavy (non-hydrogen) atoms. The van der Waals surface area contributed by atoms with Crippen LogP contribution in [0.2, 0.25) is 0 Å². The molecule has 0 spiro atoms. The van der Waals surface area contributed by atoms with Crippen LogP contribution in [0.15, 0.2) is 0 Å². The Hall–Kier alpha value is 0.190. The first-order valence-corrected chi connectivity index (χ1v) is 6.23. The molecule has 0 radical (unpaired) electrons. The van der Waals surface area contributed by atoms with E-state index in [1.807, 2.05) is 0 Å². The summed E-state index contributed by atoms with van der Waals surface area (Å²) in [4.78, 5) is 0. The predicted octanol–water partition coefficient (Wildman–Crippen LogP) is -0.0136. The fraction of sp³-hybridized carbons (Fsp3) is 1.00. The van der Waals surface area contributed by atoms with Gasteiger partial charge in [0.2, 0.25) is 0 Å². The van der Waals surface area contributed by atoms with Gasteiger partial charge in [0.15, 0.2) is 0 Å². The van der Waals surface area contributed by atoms with Crippen LogP contribution in [0, 0.1) is 0 Å². The van der Waals surface area contributed by atoms with E-state index in [4.69, 9.17) is 10.2 Å². The van der Waals surface area contributed by atoms with Crippen LogP contribution in [0.3, 0.4) is 0 Å². The minimum absolute atomic E-state index is 0.0411. The Morgan fingerprint density at radius 2 is 1.20 bits per heavy atom. The summed E-state index contributed by atoms with van der Waals surface area (Å²) >= 11 is 1.42. The van der Waals surface area contributed by atoms with E-state index < -0.39 is 11.2 Å². The van der Waals surface area contributed by atoms with E-state index in [1.54, 1.807) is 13.8 Å². The standard InChI is InChI=1S/C10H22O4S/c1-9(13,3-5-11)7-15-8-10(2,14)4-6-12/h11-14H,3-8H2,1-2H3. The molecule has 0 aliphatic carbocycles. The summed E-state index contributed by atoms with van der Waals surface area (Å²) in [5, 5.41) is 36.8. The van der Waals surface area contributed by atoms with Gasteiger partial charge >= 0.3 is 0 Å². The van der Waals surface area contributed by atoms with Gasteiger partial charge in [-0.25, -0.2) is 0 Å². The maximum Gasteiger partial charge on any atom is 0.0731 e. The maximum atomic E-state index is 9.73. The molecule has 2 unspecified atom stereocenters. The molecule has 4 N–H and O–H groups in total. The van der Waals surface area contributed by atoms with Crippen LogP contribution in [-0.2, 0) is 0 Å². The third-order valence-electron chi connectivity index (χ3n) is 2.13. The van der Waals surface area contributed by atoms with Gasteiger partial charge < -0.3 is 20.4 Å². The van der Waals surface area contributed by atoms with Crippen molar-refractivity contribution in [1.82, 2.24) is 0 Å². The van der Waals surface area contributed by atoms with E-state index in [2.05, 4.69) is 0 Å². The SMILES string of the molecule is CC(O)(CCO)CSCC(C)(O)CCO. The quantitative estimate of drug-likeness (QED) is 0.478. The highest BCUT2D eigenvalue weighted by molar-refractivity contribution is 7.99. The van der Waals surface area contributed by atoms with Crippen LogP contribution >= 0.6 is 11.8 Å². The smallest absolute Gasteiger partial charge is 0.0731 e. The van der Waals surface area contributed by atoms with E-state index in [-0.39, 0.29) is 13.2 Å². The molecule has 0 amide bonds. The lowest BCUT2D eigenvalue weighted by atomic mass is 10.1. The molecule has 0 aromatic rings. The van der Waals surface area contributed by atoms with E-state index in [0.29, 0.717) is 24.3 Å². The van der Waals surface area contributed by atoms with Gasteiger partial charge in [0.25, 0.3) is 0 Å². The molecule has 0 fully saturated rings. The Balaban J connectivity index is 3.77. The topological polar surface area (TPSA) is 80.9 Å². The number of hydrogen-bond donors (Lipinski definition) is 4. The molecule has 4 nitrogen and oxygen atoms in total. The number of rotatable bonds is 8. The van der Waals surface area contributed by atoms with Gasteiger partial charge in [-0.1, -0.05) is 0 Å². The fourth-order valence-electron chi connectivity index (χ4n) is 1.12. The minimum Gasteiger partial charge on any atom is -0.396 e. The monoisotopic (exact) mass is 238 g/mol. The van der Waals surface area contributed by atoms with Gasteiger partial charge in [0, 0.05) is 24.7 Å². The van der Waals surface area contributed by atoms with Crippen molar-refractivity contribution < 1.29 is 20.4 Å². The highest BCUT2D eigenvalue weighted by Gasteiger charge is 2.24. The number of aliphatic hydroxyl groups excluding tert-OH is 2. The van der Waals surface area contributed by atoms with Crippen molar-refractivity contribution in [3.63, 3.8) is 0 Å². The Morgan fingerprint density at radius 1 is 0.867 bits per heavy atom. The Labute approximate surface area is 95.3 Å². The molecule has 0 aromatic heterocycles. The van der Waals surface area contributed by atoms with Crippen molar-refractivity contribution in [3.8, 4) is 0 Å². The maximum absolute atomic E-state index is 9.73. The summed E-state index contributed by atoms with van der Waals surface area (Å²) in [6, 6.07) is 0. The summed E-state index contributed by atoms with van der Waals surface area (Å²) in [6.45, 7) is 3.25. The van der Waals surface area contributed by atoms with E-state index >= 15 is 0 Å². The molecular formula is C10H22O4S. The van der Waals surface area contributed by atoms with Crippen molar-refractivity contribution in [1.29, 1.82) is 0 Å². The zero-order valence-electron chi connectivity index (χ0n) is 9.44. The first kappa shape index (κ1) is 15.2. The van der Waals surface area contributed by atoms with Crippen LogP contribution in [0.5, 0.6) is 0 Å². The van der Waals surface area contributed by atoms with Crippen molar-refractivity contribution in [2.75, 3.05) is 24.7 Å². The highest BCUT2D eigenvalue weighted by Crippen LogP contribution is 2.22. The lowest BCUT2D eigenvalue weighted by Gasteiger charge is -2.26. The molecule has 2 atom stereocenters. The zero-order valence-corrected chi connectivity index (χ0v) is 10.3. The molecule has 0 saturated carbocycles. The second kappa shape index (κ2) is 6.70. The normalized spacial score (nSPS) is 19.6. The summed E-state index contributed by atoms with van der Waals surface area (Å²) in [7, 11) is 0. The van der Waals surface area contributed by atoms with Gasteiger partial charge in [-0.3, -0.25) is 0 Å². The van der Waals surface area contributed by atoms with Crippen molar-refractivity contribution in [2.45, 2.75) is 37.9 Å². The summed E-state index contributed by atoms with van der Waals surface area (Å²) < 4.78 is 0. The van der Waals surface area contributed by atoms with Gasteiger partial charge in [-0.2, -0.15) is 11.8 Å². The number of thioether (sulfide) groups is 1. The third-order valence-corrected chi connectivity index (χ3v) is 3.78. The van der Waals surface area contributed by atoms with Crippen LogP contribution in [0.4, 0.5) is 0 Å². The predicted molar refractivity (Wildman–Crippen MR) is 62.0 cm³/mol. The third kappa shape index (κ3) is 8.04. The van der Waals surface area contributed by atoms with Crippen molar-refractivity contribution >= 4 is 11.8 Å². The van der Waals surface area contributed by atoms with Gasteiger partial charge in [0.05, 0.1) is 11.2 Å². The molecule has 0 aliphatic rings.